The summed E-state index contributed by atoms with van der Waals surface area (Å²) in [6.07, 6.45) is 1.64. The fraction of sp³-hybridized carbons (Fsp3) is 0.600. The third kappa shape index (κ3) is 6.33. The lowest BCUT2D eigenvalue weighted by molar-refractivity contribution is -0.140. The Labute approximate surface area is 155 Å². The van der Waals surface area contributed by atoms with Crippen LogP contribution >= 0.6 is 0 Å². The Morgan fingerprint density at radius 3 is 2.42 bits per heavy atom. The predicted octanol–water partition coefficient (Wildman–Crippen LogP) is 2.02. The Kier molecular flexibility index (Phi) is 7.91. The first-order chi connectivity index (χ1) is 12.5. The molecule has 1 N–H and O–H groups in total. The molecule has 0 bridgehead atoms. The molecule has 1 atom stereocenters. The maximum Gasteiger partial charge on any atom is 0.245 e. The van der Waals surface area contributed by atoms with Gasteiger partial charge in [0, 0.05) is 19.5 Å². The van der Waals surface area contributed by atoms with Gasteiger partial charge in [-0.15, -0.1) is 0 Å². The number of hydrogen-bond acceptors (Lipinski definition) is 4. The Balaban J connectivity index is 1.89. The van der Waals surface area contributed by atoms with Crippen LogP contribution in [0.15, 0.2) is 24.3 Å². The fourth-order valence-corrected chi connectivity index (χ4v) is 3.01. The molecule has 1 saturated heterocycles. The van der Waals surface area contributed by atoms with Gasteiger partial charge in [0.1, 0.15) is 11.8 Å². The molecule has 26 heavy (non-hydrogen) atoms. The van der Waals surface area contributed by atoms with Gasteiger partial charge in [-0.25, -0.2) is 0 Å². The number of carbonyl (C=O) groups is 2. The van der Waals surface area contributed by atoms with E-state index in [9.17, 15) is 9.59 Å². The molecule has 2 rings (SSSR count). The van der Waals surface area contributed by atoms with Crippen molar-refractivity contribution in [2.75, 3.05) is 33.4 Å². The minimum absolute atomic E-state index is 0.000188. The second kappa shape index (κ2) is 10.2. The van der Waals surface area contributed by atoms with Gasteiger partial charge in [0.15, 0.2) is 0 Å². The van der Waals surface area contributed by atoms with Crippen LogP contribution in [0.4, 0.5) is 0 Å². The van der Waals surface area contributed by atoms with Gasteiger partial charge in [-0.1, -0.05) is 26.0 Å². The number of morpholine rings is 1. The molecule has 1 fully saturated rings. The number of ether oxygens (including phenoxy) is 2. The van der Waals surface area contributed by atoms with E-state index in [1.54, 1.807) is 12.0 Å². The number of carbonyl (C=O) groups excluding carboxylic acids is 2. The fourth-order valence-electron chi connectivity index (χ4n) is 3.01. The first-order valence-electron chi connectivity index (χ1n) is 9.28. The van der Waals surface area contributed by atoms with E-state index >= 15 is 0 Å². The van der Waals surface area contributed by atoms with E-state index in [2.05, 4.69) is 19.2 Å². The highest BCUT2D eigenvalue weighted by molar-refractivity contribution is 5.87. The predicted molar refractivity (Wildman–Crippen MR) is 100 cm³/mol. The van der Waals surface area contributed by atoms with Crippen molar-refractivity contribution in [3.05, 3.63) is 29.8 Å². The van der Waals surface area contributed by atoms with Crippen LogP contribution in [0.3, 0.4) is 0 Å². The number of rotatable bonds is 8. The highest BCUT2D eigenvalue weighted by atomic mass is 16.5. The van der Waals surface area contributed by atoms with Crippen LogP contribution in [0.5, 0.6) is 5.75 Å². The zero-order valence-corrected chi connectivity index (χ0v) is 16.0. The molecule has 2 amide bonds. The minimum Gasteiger partial charge on any atom is -0.497 e. The summed E-state index contributed by atoms with van der Waals surface area (Å²) in [5, 5.41) is 2.94. The van der Waals surface area contributed by atoms with Crippen molar-refractivity contribution in [2.24, 2.45) is 5.92 Å². The largest absolute Gasteiger partial charge is 0.497 e. The lowest BCUT2D eigenvalue weighted by Crippen LogP contribution is -2.52. The molecule has 1 aromatic rings. The van der Waals surface area contributed by atoms with Crippen molar-refractivity contribution >= 4 is 11.8 Å². The highest BCUT2D eigenvalue weighted by Crippen LogP contribution is 2.13. The molecule has 0 aromatic heterocycles. The van der Waals surface area contributed by atoms with Crippen LogP contribution in [0.25, 0.3) is 0 Å². The molecule has 1 aliphatic heterocycles. The van der Waals surface area contributed by atoms with E-state index in [1.807, 2.05) is 24.3 Å². The van der Waals surface area contributed by atoms with Crippen LogP contribution in [-0.4, -0.2) is 56.2 Å². The minimum atomic E-state index is -0.462. The number of hydrogen-bond donors (Lipinski definition) is 1. The quantitative estimate of drug-likeness (QED) is 0.768. The first kappa shape index (κ1) is 20.2. The molecular formula is C20H30N2O4. The van der Waals surface area contributed by atoms with Crippen LogP contribution in [0.1, 0.15) is 32.3 Å². The van der Waals surface area contributed by atoms with Crippen LogP contribution in [-0.2, 0) is 20.7 Å². The van der Waals surface area contributed by atoms with Crippen molar-refractivity contribution in [2.45, 2.75) is 39.2 Å². The molecule has 1 heterocycles. The zero-order valence-electron chi connectivity index (χ0n) is 16.0. The summed E-state index contributed by atoms with van der Waals surface area (Å²) >= 11 is 0. The van der Waals surface area contributed by atoms with Crippen LogP contribution in [0.2, 0.25) is 0 Å². The number of nitrogens with zero attached hydrogens (tertiary/aromatic N) is 1. The highest BCUT2D eigenvalue weighted by Gasteiger charge is 2.27. The summed E-state index contributed by atoms with van der Waals surface area (Å²) in [5.74, 6) is 1.03. The van der Waals surface area contributed by atoms with E-state index in [-0.39, 0.29) is 11.8 Å². The maximum absolute atomic E-state index is 12.8. The molecule has 0 aliphatic carbocycles. The number of methoxy groups -OCH3 is 1. The summed E-state index contributed by atoms with van der Waals surface area (Å²) in [7, 11) is 1.63. The van der Waals surface area contributed by atoms with Gasteiger partial charge in [-0.2, -0.15) is 0 Å². The number of benzene rings is 1. The lowest BCUT2D eigenvalue weighted by atomic mass is 10.0. The van der Waals surface area contributed by atoms with E-state index in [4.69, 9.17) is 9.47 Å². The molecule has 6 nitrogen and oxygen atoms in total. The molecule has 1 aromatic carbocycles. The number of amides is 2. The summed E-state index contributed by atoms with van der Waals surface area (Å²) in [5.41, 5.74) is 1.07. The molecular weight excluding hydrogens is 332 g/mol. The first-order valence-corrected chi connectivity index (χ1v) is 9.28. The van der Waals surface area contributed by atoms with Gasteiger partial charge in [-0.3, -0.25) is 9.59 Å². The molecule has 0 radical (unpaired) electrons. The SMILES string of the molecule is COc1ccc(CCC(=O)N[C@@H](CC(C)C)C(=O)N2CCOCC2)cc1. The average Bonchev–Trinajstić information content (AvgIpc) is 2.66. The summed E-state index contributed by atoms with van der Waals surface area (Å²) in [6.45, 7) is 6.42. The second-order valence-electron chi connectivity index (χ2n) is 7.04. The molecule has 0 saturated carbocycles. The van der Waals surface area contributed by atoms with Crippen molar-refractivity contribution < 1.29 is 19.1 Å². The van der Waals surface area contributed by atoms with Crippen molar-refractivity contribution in [1.82, 2.24) is 10.2 Å². The monoisotopic (exact) mass is 362 g/mol. The summed E-state index contributed by atoms with van der Waals surface area (Å²) in [6, 6.07) is 7.22. The molecule has 1 aliphatic rings. The summed E-state index contributed by atoms with van der Waals surface area (Å²) < 4.78 is 10.4. The molecule has 144 valence electrons. The molecule has 0 unspecified atom stereocenters. The average molecular weight is 362 g/mol. The Hall–Kier alpha value is -2.08. The normalized spacial score (nSPS) is 15.6. The standard InChI is InChI=1S/C20H30N2O4/c1-15(2)14-18(20(24)22-10-12-26-13-11-22)21-19(23)9-6-16-4-7-17(25-3)8-5-16/h4-5,7-8,15,18H,6,9-14H2,1-3H3,(H,21,23)/t18-/m0/s1. The van der Waals surface area contributed by atoms with Crippen LogP contribution in [0, 0.1) is 5.92 Å². The van der Waals surface area contributed by atoms with Gasteiger partial charge in [0.2, 0.25) is 11.8 Å². The van der Waals surface area contributed by atoms with Crippen molar-refractivity contribution in [3.63, 3.8) is 0 Å². The topological polar surface area (TPSA) is 67.9 Å². The smallest absolute Gasteiger partial charge is 0.245 e. The van der Waals surface area contributed by atoms with E-state index in [0.717, 1.165) is 11.3 Å². The second-order valence-corrected chi connectivity index (χ2v) is 7.04. The Morgan fingerprint density at radius 1 is 1.19 bits per heavy atom. The maximum atomic E-state index is 12.8. The lowest BCUT2D eigenvalue weighted by Gasteiger charge is -2.31. The van der Waals surface area contributed by atoms with Gasteiger partial charge in [0.25, 0.3) is 0 Å². The summed E-state index contributed by atoms with van der Waals surface area (Å²) in [4.78, 5) is 26.9. The van der Waals surface area contributed by atoms with Crippen LogP contribution < -0.4 is 10.1 Å². The van der Waals surface area contributed by atoms with E-state index in [1.165, 1.54) is 0 Å². The molecule has 6 heteroatoms. The van der Waals surface area contributed by atoms with Gasteiger partial charge in [0.05, 0.1) is 20.3 Å². The third-order valence-electron chi connectivity index (χ3n) is 4.46. The Bertz CT molecular complexity index is 580. The number of nitrogens with one attached hydrogen (secondary N) is 1. The van der Waals surface area contributed by atoms with Gasteiger partial charge < -0.3 is 19.7 Å². The van der Waals surface area contributed by atoms with E-state index < -0.39 is 6.04 Å². The molecule has 0 spiro atoms. The van der Waals surface area contributed by atoms with Gasteiger partial charge in [-0.05, 0) is 36.5 Å². The van der Waals surface area contributed by atoms with Gasteiger partial charge >= 0.3 is 0 Å². The Morgan fingerprint density at radius 2 is 1.85 bits per heavy atom. The number of aryl methyl sites for hydroxylation is 1. The van der Waals surface area contributed by atoms with Crippen molar-refractivity contribution in [3.8, 4) is 5.75 Å². The van der Waals surface area contributed by atoms with Crippen molar-refractivity contribution in [1.29, 1.82) is 0 Å². The zero-order chi connectivity index (χ0) is 18.9. The van der Waals surface area contributed by atoms with E-state index in [0.29, 0.717) is 51.5 Å². The third-order valence-corrected chi connectivity index (χ3v) is 4.46.